The molecular weight excluding hydrogens is 497 g/mol. The number of aryl methyl sites for hydroxylation is 1. The third-order valence-corrected chi connectivity index (χ3v) is 5.91. The second kappa shape index (κ2) is 7.17. The number of hydrogen-bond acceptors (Lipinski definition) is 3. The van der Waals surface area contributed by atoms with Gasteiger partial charge in [-0.3, -0.25) is 0 Å². The van der Waals surface area contributed by atoms with E-state index in [-0.39, 0.29) is 0 Å². The van der Waals surface area contributed by atoms with Crippen LogP contribution in [0.15, 0.2) is 27.1 Å². The molecule has 0 aliphatic carbocycles. The highest BCUT2D eigenvalue weighted by molar-refractivity contribution is 14.1. The Kier molecular flexibility index (Phi) is 5.80. The van der Waals surface area contributed by atoms with Gasteiger partial charge >= 0.3 is 0 Å². The zero-order chi connectivity index (χ0) is 14.7. The highest BCUT2D eigenvalue weighted by Crippen LogP contribution is 2.29. The first-order valence-corrected chi connectivity index (χ1v) is 8.92. The molecule has 106 valence electrons. The lowest BCUT2D eigenvalue weighted by Gasteiger charge is -2.11. The van der Waals surface area contributed by atoms with Gasteiger partial charge < -0.3 is 5.32 Å². The van der Waals surface area contributed by atoms with Crippen LogP contribution in [0.2, 0.25) is 0 Å². The molecule has 0 atom stereocenters. The fourth-order valence-electron chi connectivity index (χ4n) is 1.68. The van der Waals surface area contributed by atoms with Crippen LogP contribution in [0.5, 0.6) is 0 Å². The normalized spacial score (nSPS) is 10.7. The highest BCUT2D eigenvalue weighted by Gasteiger charge is 2.11. The van der Waals surface area contributed by atoms with E-state index in [2.05, 4.69) is 76.7 Å². The third-order valence-electron chi connectivity index (χ3n) is 2.74. The summed E-state index contributed by atoms with van der Waals surface area (Å²) >= 11 is 9.28. The molecule has 0 saturated heterocycles. The van der Waals surface area contributed by atoms with E-state index in [1.807, 2.05) is 25.1 Å². The first kappa shape index (κ1) is 16.2. The number of nitrogens with zero attached hydrogens (tertiary/aromatic N) is 2. The van der Waals surface area contributed by atoms with Crippen LogP contribution in [0.1, 0.15) is 19.0 Å². The lowest BCUT2D eigenvalue weighted by atomic mass is 10.2. The van der Waals surface area contributed by atoms with Gasteiger partial charge in [-0.1, -0.05) is 6.92 Å². The number of anilines is 1. The molecule has 1 aromatic heterocycles. The van der Waals surface area contributed by atoms with Gasteiger partial charge in [0.2, 0.25) is 0 Å². The summed E-state index contributed by atoms with van der Waals surface area (Å²) in [4.78, 5) is 9.23. The maximum atomic E-state index is 4.65. The molecule has 0 fully saturated rings. The van der Waals surface area contributed by atoms with E-state index in [0.29, 0.717) is 0 Å². The zero-order valence-electron chi connectivity index (χ0n) is 11.2. The molecule has 2 rings (SSSR count). The van der Waals surface area contributed by atoms with Gasteiger partial charge in [-0.2, -0.15) is 0 Å². The van der Waals surface area contributed by atoms with Crippen molar-refractivity contribution in [1.29, 1.82) is 0 Å². The number of benzene rings is 1. The molecule has 0 aliphatic rings. The Labute approximate surface area is 149 Å². The monoisotopic (exact) mass is 509 g/mol. The smallest absolute Gasteiger partial charge is 0.161 e. The lowest BCUT2D eigenvalue weighted by Crippen LogP contribution is -2.07. The first-order chi connectivity index (χ1) is 9.52. The molecule has 1 aromatic carbocycles. The Balaban J connectivity index is 2.45. The molecule has 6 heteroatoms. The Morgan fingerprint density at radius 1 is 1.20 bits per heavy atom. The fraction of sp³-hybridized carbons (Fsp3) is 0.286. The van der Waals surface area contributed by atoms with Crippen LogP contribution in [0, 0.1) is 10.5 Å². The second-order valence-electron chi connectivity index (χ2n) is 4.35. The number of hydrogen-bond donors (Lipinski definition) is 1. The zero-order valence-corrected chi connectivity index (χ0v) is 16.5. The summed E-state index contributed by atoms with van der Waals surface area (Å²) in [5.41, 5.74) is 1.99. The van der Waals surface area contributed by atoms with Crippen molar-refractivity contribution in [2.24, 2.45) is 0 Å². The van der Waals surface area contributed by atoms with Crippen LogP contribution >= 0.6 is 54.5 Å². The Morgan fingerprint density at radius 3 is 2.60 bits per heavy atom. The van der Waals surface area contributed by atoms with Crippen molar-refractivity contribution in [2.45, 2.75) is 20.3 Å². The predicted octanol–water partition coefficient (Wildman–Crippen LogP) is 5.40. The predicted molar refractivity (Wildman–Crippen MR) is 99.1 cm³/mol. The van der Waals surface area contributed by atoms with Crippen LogP contribution in [-0.4, -0.2) is 16.5 Å². The van der Waals surface area contributed by atoms with E-state index in [4.69, 9.17) is 0 Å². The number of nitrogens with one attached hydrogen (secondary N) is 1. The van der Waals surface area contributed by atoms with Crippen molar-refractivity contribution in [3.63, 3.8) is 0 Å². The van der Waals surface area contributed by atoms with Gasteiger partial charge in [-0.15, -0.1) is 0 Å². The number of rotatable bonds is 4. The van der Waals surface area contributed by atoms with E-state index in [1.54, 1.807) is 0 Å². The van der Waals surface area contributed by atoms with Crippen molar-refractivity contribution in [3.8, 4) is 11.4 Å². The summed E-state index contributed by atoms with van der Waals surface area (Å²) in [6, 6.07) is 6.03. The molecule has 0 bridgehead atoms. The average Bonchev–Trinajstić information content (AvgIpc) is 2.43. The summed E-state index contributed by atoms with van der Waals surface area (Å²) in [7, 11) is 0. The molecule has 0 unspecified atom stereocenters. The fourth-order valence-corrected chi connectivity index (χ4v) is 2.74. The van der Waals surface area contributed by atoms with Gasteiger partial charge in [-0.25, -0.2) is 9.97 Å². The van der Waals surface area contributed by atoms with Crippen molar-refractivity contribution in [3.05, 3.63) is 36.4 Å². The first-order valence-electron chi connectivity index (χ1n) is 6.26. The summed E-state index contributed by atoms with van der Waals surface area (Å²) in [6.45, 7) is 5.06. The molecule has 0 saturated carbocycles. The van der Waals surface area contributed by atoms with Crippen molar-refractivity contribution in [2.75, 3.05) is 11.9 Å². The van der Waals surface area contributed by atoms with E-state index in [9.17, 15) is 0 Å². The van der Waals surface area contributed by atoms with E-state index in [1.165, 1.54) is 0 Å². The standard InChI is InChI=1S/C14H14Br2IN3/c1-3-6-18-14-12(17)8(2)19-13(20-14)9-4-5-10(15)11(16)7-9/h4-5,7H,3,6H2,1-2H3,(H,18,19,20). The molecule has 1 heterocycles. The lowest BCUT2D eigenvalue weighted by molar-refractivity contribution is 0.958. The van der Waals surface area contributed by atoms with Crippen LogP contribution in [0.3, 0.4) is 0 Å². The van der Waals surface area contributed by atoms with Crippen LogP contribution in [0.4, 0.5) is 5.82 Å². The number of aromatic nitrogens is 2. The summed E-state index contributed by atoms with van der Waals surface area (Å²) in [5, 5.41) is 3.36. The van der Waals surface area contributed by atoms with Gasteiger partial charge in [-0.05, 0) is 86.0 Å². The topological polar surface area (TPSA) is 37.8 Å². The van der Waals surface area contributed by atoms with E-state index < -0.39 is 0 Å². The molecular formula is C14H14Br2IN3. The summed E-state index contributed by atoms with van der Waals surface area (Å²) in [5.74, 6) is 1.66. The van der Waals surface area contributed by atoms with Crippen molar-refractivity contribution in [1.82, 2.24) is 9.97 Å². The largest absolute Gasteiger partial charge is 0.369 e. The maximum absolute atomic E-state index is 4.65. The molecule has 3 nitrogen and oxygen atoms in total. The van der Waals surface area contributed by atoms with Crippen molar-refractivity contribution >= 4 is 60.3 Å². The van der Waals surface area contributed by atoms with Crippen LogP contribution in [-0.2, 0) is 0 Å². The Hall–Kier alpha value is -0.210. The molecule has 0 radical (unpaired) electrons. The van der Waals surface area contributed by atoms with Gasteiger partial charge in [0.25, 0.3) is 0 Å². The minimum Gasteiger partial charge on any atom is -0.369 e. The van der Waals surface area contributed by atoms with E-state index >= 15 is 0 Å². The quantitative estimate of drug-likeness (QED) is 0.559. The summed E-state index contributed by atoms with van der Waals surface area (Å²) in [6.07, 6.45) is 1.07. The molecule has 2 aromatic rings. The van der Waals surface area contributed by atoms with Gasteiger partial charge in [0, 0.05) is 21.1 Å². The van der Waals surface area contributed by atoms with Crippen LogP contribution < -0.4 is 5.32 Å². The third kappa shape index (κ3) is 3.71. The highest BCUT2D eigenvalue weighted by atomic mass is 127. The van der Waals surface area contributed by atoms with Crippen molar-refractivity contribution < 1.29 is 0 Å². The molecule has 20 heavy (non-hydrogen) atoms. The minimum absolute atomic E-state index is 0.745. The molecule has 0 aliphatic heterocycles. The Morgan fingerprint density at radius 2 is 1.95 bits per heavy atom. The maximum Gasteiger partial charge on any atom is 0.161 e. The minimum atomic E-state index is 0.745. The van der Waals surface area contributed by atoms with Gasteiger partial charge in [0.1, 0.15) is 5.82 Å². The summed E-state index contributed by atoms with van der Waals surface area (Å²) < 4.78 is 3.10. The average molecular weight is 511 g/mol. The SMILES string of the molecule is CCCNc1nc(-c2ccc(Br)c(Br)c2)nc(C)c1I. The van der Waals surface area contributed by atoms with Gasteiger partial charge in [0.15, 0.2) is 5.82 Å². The van der Waals surface area contributed by atoms with Crippen LogP contribution in [0.25, 0.3) is 11.4 Å². The number of halogens is 3. The molecule has 1 N–H and O–H groups in total. The van der Waals surface area contributed by atoms with Gasteiger partial charge in [0.05, 0.1) is 9.26 Å². The Bertz CT molecular complexity index is 632. The molecule has 0 spiro atoms. The molecule has 0 amide bonds. The van der Waals surface area contributed by atoms with E-state index in [0.717, 1.165) is 48.4 Å². The second-order valence-corrected chi connectivity index (χ2v) is 7.14.